The molecule has 2 fully saturated rings. The fraction of sp³-hybridized carbons (Fsp3) is 0.545. The van der Waals surface area contributed by atoms with Gasteiger partial charge in [0.15, 0.2) is 0 Å². The molecule has 28 heavy (non-hydrogen) atoms. The maximum absolute atomic E-state index is 13.2. The molecule has 1 aromatic heterocycles. The highest BCUT2D eigenvalue weighted by Gasteiger charge is 2.29. The molecule has 0 N–H and O–H groups in total. The van der Waals surface area contributed by atoms with Gasteiger partial charge in [-0.3, -0.25) is 4.79 Å². The van der Waals surface area contributed by atoms with Gasteiger partial charge in [-0.05, 0) is 70.0 Å². The zero-order valence-electron chi connectivity index (χ0n) is 16.5. The van der Waals surface area contributed by atoms with Crippen molar-refractivity contribution in [3.63, 3.8) is 0 Å². The van der Waals surface area contributed by atoms with Gasteiger partial charge < -0.3 is 9.80 Å². The molecule has 1 aromatic carbocycles. The first-order valence-corrected chi connectivity index (χ1v) is 11.2. The monoisotopic (exact) mass is 401 g/mol. The maximum Gasteiger partial charge on any atom is 0.265 e. The van der Waals surface area contributed by atoms with Gasteiger partial charge in [-0.15, -0.1) is 11.3 Å². The summed E-state index contributed by atoms with van der Waals surface area (Å²) >= 11 is 1.42. The molecule has 1 amide bonds. The standard InChI is InChI=1S/C22H28FN3OS/c1-16-20(28-21(24-16)17-6-8-18(23)9-7-17)22(27)26-14-10-19(11-15-26)25-12-4-2-3-5-13-25/h6-9,19H,2-5,10-15H2,1H3. The molecule has 2 saturated heterocycles. The fourth-order valence-corrected chi connectivity index (χ4v) is 5.39. The number of carbonyl (C=O) groups is 1. The molecule has 2 aliphatic rings. The van der Waals surface area contributed by atoms with E-state index in [1.54, 1.807) is 12.1 Å². The second-order valence-corrected chi connectivity index (χ2v) is 8.91. The van der Waals surface area contributed by atoms with Crippen LogP contribution in [0, 0.1) is 12.7 Å². The first-order valence-electron chi connectivity index (χ1n) is 10.4. The lowest BCUT2D eigenvalue weighted by molar-refractivity contribution is 0.0626. The molecule has 150 valence electrons. The summed E-state index contributed by atoms with van der Waals surface area (Å²) in [6.45, 7) is 5.97. The Morgan fingerprint density at radius 1 is 1.04 bits per heavy atom. The number of rotatable bonds is 3. The zero-order valence-corrected chi connectivity index (χ0v) is 17.3. The van der Waals surface area contributed by atoms with Crippen LogP contribution in [0.3, 0.4) is 0 Å². The third-order valence-corrected chi connectivity index (χ3v) is 7.19. The average Bonchev–Trinajstić information content (AvgIpc) is 2.92. The minimum atomic E-state index is -0.263. The van der Waals surface area contributed by atoms with Crippen LogP contribution in [0.5, 0.6) is 0 Å². The second kappa shape index (κ2) is 8.70. The molecule has 0 bridgehead atoms. The van der Waals surface area contributed by atoms with Crippen LogP contribution in [0.4, 0.5) is 4.39 Å². The van der Waals surface area contributed by atoms with Gasteiger partial charge in [0.25, 0.3) is 5.91 Å². The van der Waals surface area contributed by atoms with Crippen molar-refractivity contribution in [1.82, 2.24) is 14.8 Å². The van der Waals surface area contributed by atoms with E-state index < -0.39 is 0 Å². The molecule has 2 aliphatic heterocycles. The van der Waals surface area contributed by atoms with Crippen LogP contribution in [0.2, 0.25) is 0 Å². The molecule has 3 heterocycles. The molecular weight excluding hydrogens is 373 g/mol. The number of nitrogens with zero attached hydrogens (tertiary/aromatic N) is 3. The number of aromatic nitrogens is 1. The van der Waals surface area contributed by atoms with Crippen LogP contribution in [0.15, 0.2) is 24.3 Å². The smallest absolute Gasteiger partial charge is 0.265 e. The predicted molar refractivity (Wildman–Crippen MR) is 111 cm³/mol. The topological polar surface area (TPSA) is 36.4 Å². The summed E-state index contributed by atoms with van der Waals surface area (Å²) < 4.78 is 13.2. The van der Waals surface area contributed by atoms with E-state index in [4.69, 9.17) is 0 Å². The van der Waals surface area contributed by atoms with Crippen molar-refractivity contribution in [3.8, 4) is 10.6 Å². The lowest BCUT2D eigenvalue weighted by Gasteiger charge is -2.38. The highest BCUT2D eigenvalue weighted by atomic mass is 32.1. The van der Waals surface area contributed by atoms with Crippen molar-refractivity contribution >= 4 is 17.2 Å². The van der Waals surface area contributed by atoms with Crippen molar-refractivity contribution in [2.24, 2.45) is 0 Å². The normalized spacial score (nSPS) is 19.6. The van der Waals surface area contributed by atoms with Gasteiger partial charge in [0.1, 0.15) is 15.7 Å². The van der Waals surface area contributed by atoms with Crippen LogP contribution in [0.1, 0.15) is 53.9 Å². The van der Waals surface area contributed by atoms with Gasteiger partial charge in [0.2, 0.25) is 0 Å². The summed E-state index contributed by atoms with van der Waals surface area (Å²) in [6.07, 6.45) is 7.46. The van der Waals surface area contributed by atoms with Crippen molar-refractivity contribution in [1.29, 1.82) is 0 Å². The molecule has 0 unspecified atom stereocenters. The highest BCUT2D eigenvalue weighted by Crippen LogP contribution is 2.30. The number of thiazole rings is 1. The molecule has 4 rings (SSSR count). The van der Waals surface area contributed by atoms with Crippen LogP contribution >= 0.6 is 11.3 Å². The minimum absolute atomic E-state index is 0.0951. The predicted octanol–water partition coefficient (Wildman–Crippen LogP) is 4.74. The number of benzene rings is 1. The Morgan fingerprint density at radius 2 is 1.68 bits per heavy atom. The largest absolute Gasteiger partial charge is 0.338 e. The summed E-state index contributed by atoms with van der Waals surface area (Å²) in [6, 6.07) is 6.92. The number of hydrogen-bond acceptors (Lipinski definition) is 4. The van der Waals surface area contributed by atoms with Crippen LogP contribution in [0.25, 0.3) is 10.6 Å². The molecule has 0 atom stereocenters. The number of halogens is 1. The number of carbonyl (C=O) groups excluding carboxylic acids is 1. The van der Waals surface area contributed by atoms with Gasteiger partial charge in [0.05, 0.1) is 5.69 Å². The van der Waals surface area contributed by atoms with E-state index >= 15 is 0 Å². The summed E-state index contributed by atoms with van der Waals surface area (Å²) in [5, 5.41) is 0.778. The zero-order chi connectivity index (χ0) is 19.5. The van der Waals surface area contributed by atoms with Gasteiger partial charge in [0, 0.05) is 24.7 Å². The van der Waals surface area contributed by atoms with E-state index in [-0.39, 0.29) is 11.7 Å². The third kappa shape index (κ3) is 4.28. The Bertz CT molecular complexity index is 804. The van der Waals surface area contributed by atoms with E-state index in [0.29, 0.717) is 10.9 Å². The molecule has 6 heteroatoms. The lowest BCUT2D eigenvalue weighted by atomic mass is 10.0. The molecule has 0 spiro atoms. The minimum Gasteiger partial charge on any atom is -0.338 e. The fourth-order valence-electron chi connectivity index (χ4n) is 4.35. The Morgan fingerprint density at radius 3 is 2.32 bits per heavy atom. The van der Waals surface area contributed by atoms with E-state index in [0.717, 1.165) is 42.2 Å². The summed E-state index contributed by atoms with van der Waals surface area (Å²) in [5.74, 6) is -0.168. The molecule has 2 aromatic rings. The Balaban J connectivity index is 1.40. The third-order valence-electron chi connectivity index (χ3n) is 5.99. The van der Waals surface area contributed by atoms with Gasteiger partial charge in [-0.1, -0.05) is 12.8 Å². The highest BCUT2D eigenvalue weighted by molar-refractivity contribution is 7.17. The molecule has 0 saturated carbocycles. The lowest BCUT2D eigenvalue weighted by Crippen LogP contribution is -2.47. The first-order chi connectivity index (χ1) is 13.6. The number of piperidine rings is 1. The molecule has 4 nitrogen and oxygen atoms in total. The van der Waals surface area contributed by atoms with Crippen LogP contribution < -0.4 is 0 Å². The molecule has 0 aliphatic carbocycles. The number of aryl methyl sites for hydroxylation is 1. The van der Waals surface area contributed by atoms with Crippen molar-refractivity contribution in [3.05, 3.63) is 40.7 Å². The number of amides is 1. The molecule has 0 radical (unpaired) electrons. The SMILES string of the molecule is Cc1nc(-c2ccc(F)cc2)sc1C(=O)N1CCC(N2CCCCCC2)CC1. The van der Waals surface area contributed by atoms with Gasteiger partial charge in [-0.2, -0.15) is 0 Å². The number of likely N-dealkylation sites (tertiary alicyclic amines) is 2. The first kappa shape index (κ1) is 19.5. The Hall–Kier alpha value is -1.79. The quantitative estimate of drug-likeness (QED) is 0.745. The maximum atomic E-state index is 13.2. The Labute approximate surface area is 170 Å². The van der Waals surface area contributed by atoms with E-state index in [2.05, 4.69) is 9.88 Å². The van der Waals surface area contributed by atoms with Crippen molar-refractivity contribution in [2.45, 2.75) is 51.5 Å². The van der Waals surface area contributed by atoms with E-state index in [9.17, 15) is 9.18 Å². The van der Waals surface area contributed by atoms with E-state index in [1.165, 1.54) is 62.2 Å². The van der Waals surface area contributed by atoms with Crippen LogP contribution in [-0.4, -0.2) is 52.9 Å². The average molecular weight is 402 g/mol. The van der Waals surface area contributed by atoms with E-state index in [1.807, 2.05) is 11.8 Å². The Kier molecular flexibility index (Phi) is 6.07. The van der Waals surface area contributed by atoms with Gasteiger partial charge in [-0.25, -0.2) is 9.37 Å². The summed E-state index contributed by atoms with van der Waals surface area (Å²) in [5.41, 5.74) is 1.62. The van der Waals surface area contributed by atoms with Crippen molar-refractivity contribution < 1.29 is 9.18 Å². The molecular formula is C22H28FN3OS. The summed E-state index contributed by atoms with van der Waals surface area (Å²) in [7, 11) is 0. The summed E-state index contributed by atoms with van der Waals surface area (Å²) in [4.78, 5) is 23.0. The second-order valence-electron chi connectivity index (χ2n) is 7.91. The van der Waals surface area contributed by atoms with Crippen molar-refractivity contribution in [2.75, 3.05) is 26.2 Å². The van der Waals surface area contributed by atoms with Gasteiger partial charge >= 0.3 is 0 Å². The van der Waals surface area contributed by atoms with Crippen LogP contribution in [-0.2, 0) is 0 Å². The number of hydrogen-bond donors (Lipinski definition) is 0.